The highest BCUT2D eigenvalue weighted by molar-refractivity contribution is 5.74. The highest BCUT2D eigenvalue weighted by atomic mass is 19.1. The molecular weight excluding hydrogens is 357 g/mol. The lowest BCUT2D eigenvalue weighted by Gasteiger charge is -2.13. The van der Waals surface area contributed by atoms with E-state index in [0.717, 1.165) is 6.07 Å². The summed E-state index contributed by atoms with van der Waals surface area (Å²) in [4.78, 5) is 15.9. The quantitative estimate of drug-likeness (QED) is 0.372. The number of nitrogens with zero attached hydrogens (tertiary/aromatic N) is 3. The Morgan fingerprint density at radius 3 is 2.63 bits per heavy atom. The molecule has 140 valence electrons. The molecule has 0 fully saturated rings. The SMILES string of the molecule is CCOC(=O)C(C)Oc1ccc(Oc2nc3ccc(F)cc3[n+]([O-])n2)cc1. The molecule has 27 heavy (non-hydrogen) atoms. The molecule has 9 heteroatoms. The molecule has 0 spiro atoms. The third-order valence-corrected chi connectivity index (χ3v) is 3.50. The Bertz CT molecular complexity index is 965. The minimum atomic E-state index is -0.750. The third-order valence-electron chi connectivity index (χ3n) is 3.50. The van der Waals surface area contributed by atoms with Gasteiger partial charge in [0.05, 0.1) is 17.8 Å². The van der Waals surface area contributed by atoms with Crippen molar-refractivity contribution in [1.82, 2.24) is 10.1 Å². The minimum Gasteiger partial charge on any atom is -0.594 e. The Kier molecular flexibility index (Phi) is 5.30. The van der Waals surface area contributed by atoms with Gasteiger partial charge in [0.1, 0.15) is 22.8 Å². The molecule has 0 radical (unpaired) electrons. The fourth-order valence-corrected chi connectivity index (χ4v) is 2.25. The Morgan fingerprint density at radius 1 is 1.22 bits per heavy atom. The summed E-state index contributed by atoms with van der Waals surface area (Å²) >= 11 is 0. The van der Waals surface area contributed by atoms with Gasteiger partial charge in [-0.25, -0.2) is 9.18 Å². The van der Waals surface area contributed by atoms with Crippen LogP contribution in [0.1, 0.15) is 13.8 Å². The number of esters is 1. The fraction of sp³-hybridized carbons (Fsp3) is 0.222. The Labute approximate surface area is 153 Å². The van der Waals surface area contributed by atoms with Crippen molar-refractivity contribution in [3.8, 4) is 17.5 Å². The maximum atomic E-state index is 13.2. The predicted octanol–water partition coefficient (Wildman–Crippen LogP) is 2.53. The standard InChI is InChI=1S/C18H16FN3O5/c1-3-25-17(23)11(2)26-13-5-7-14(8-6-13)27-18-20-15-9-4-12(19)10-16(15)22(24)21-18/h4-11H,3H2,1-2H3. The first-order valence-corrected chi connectivity index (χ1v) is 8.14. The van der Waals surface area contributed by atoms with E-state index in [1.54, 1.807) is 38.1 Å². The van der Waals surface area contributed by atoms with Gasteiger partial charge in [0.2, 0.25) is 0 Å². The molecule has 0 aliphatic rings. The van der Waals surface area contributed by atoms with Crippen LogP contribution in [0.5, 0.6) is 17.5 Å². The fourth-order valence-electron chi connectivity index (χ4n) is 2.25. The minimum absolute atomic E-state index is 0.000879. The van der Waals surface area contributed by atoms with Crippen LogP contribution in [-0.2, 0) is 9.53 Å². The van der Waals surface area contributed by atoms with Gasteiger partial charge in [0.15, 0.2) is 6.10 Å². The summed E-state index contributed by atoms with van der Waals surface area (Å²) < 4.78 is 29.0. The van der Waals surface area contributed by atoms with Crippen LogP contribution in [0.15, 0.2) is 42.5 Å². The van der Waals surface area contributed by atoms with Gasteiger partial charge in [0, 0.05) is 0 Å². The first kappa shape index (κ1) is 18.3. The number of ether oxygens (including phenoxy) is 3. The lowest BCUT2D eigenvalue weighted by Crippen LogP contribution is -2.32. The van der Waals surface area contributed by atoms with Crippen LogP contribution < -0.4 is 14.3 Å². The van der Waals surface area contributed by atoms with E-state index < -0.39 is 17.9 Å². The first-order valence-electron chi connectivity index (χ1n) is 8.14. The molecule has 0 N–H and O–H groups in total. The van der Waals surface area contributed by atoms with Crippen LogP contribution in [0.3, 0.4) is 0 Å². The van der Waals surface area contributed by atoms with Crippen LogP contribution in [0.25, 0.3) is 11.0 Å². The molecule has 8 nitrogen and oxygen atoms in total. The molecule has 0 saturated heterocycles. The maximum absolute atomic E-state index is 13.2. The topological polar surface area (TPSA) is 97.5 Å². The first-order chi connectivity index (χ1) is 13.0. The van der Waals surface area contributed by atoms with Crippen molar-refractivity contribution in [3.63, 3.8) is 0 Å². The van der Waals surface area contributed by atoms with E-state index in [4.69, 9.17) is 14.2 Å². The highest BCUT2D eigenvalue weighted by Crippen LogP contribution is 2.22. The van der Waals surface area contributed by atoms with E-state index in [0.29, 0.717) is 11.5 Å². The summed E-state index contributed by atoms with van der Waals surface area (Å²) in [6, 6.07) is 9.73. The molecule has 1 aromatic heterocycles. The average Bonchev–Trinajstić information content (AvgIpc) is 2.64. The van der Waals surface area contributed by atoms with E-state index in [-0.39, 0.29) is 28.5 Å². The van der Waals surface area contributed by atoms with Crippen LogP contribution in [0, 0.1) is 11.0 Å². The number of carbonyl (C=O) groups is 1. The molecule has 1 heterocycles. The van der Waals surface area contributed by atoms with Crippen molar-refractivity contribution in [3.05, 3.63) is 53.5 Å². The van der Waals surface area contributed by atoms with Crippen molar-refractivity contribution in [2.24, 2.45) is 0 Å². The molecule has 0 aliphatic heterocycles. The smallest absolute Gasteiger partial charge is 0.386 e. The van der Waals surface area contributed by atoms with E-state index in [9.17, 15) is 14.4 Å². The average molecular weight is 373 g/mol. The van der Waals surface area contributed by atoms with Gasteiger partial charge in [-0.3, -0.25) is 0 Å². The van der Waals surface area contributed by atoms with Crippen LogP contribution >= 0.6 is 0 Å². The van der Waals surface area contributed by atoms with Gasteiger partial charge >= 0.3 is 12.0 Å². The molecule has 3 rings (SSSR count). The molecule has 0 saturated carbocycles. The van der Waals surface area contributed by atoms with Crippen molar-refractivity contribution in [2.45, 2.75) is 20.0 Å². The van der Waals surface area contributed by atoms with Crippen LogP contribution in [0.4, 0.5) is 4.39 Å². The summed E-state index contributed by atoms with van der Waals surface area (Å²) in [7, 11) is 0. The number of fused-ring (bicyclic) bond motifs is 1. The van der Waals surface area contributed by atoms with Crippen molar-refractivity contribution < 1.29 is 28.2 Å². The zero-order valence-electron chi connectivity index (χ0n) is 14.6. The van der Waals surface area contributed by atoms with Gasteiger partial charge in [-0.1, -0.05) is 0 Å². The largest absolute Gasteiger partial charge is 0.594 e. The van der Waals surface area contributed by atoms with Crippen LogP contribution in [0.2, 0.25) is 0 Å². The van der Waals surface area contributed by atoms with Crippen molar-refractivity contribution in [1.29, 1.82) is 0 Å². The molecule has 1 unspecified atom stereocenters. The number of halogens is 1. The number of aromatic nitrogens is 3. The summed E-state index contributed by atoms with van der Waals surface area (Å²) in [5.41, 5.74) is 0.249. The molecule has 0 aliphatic carbocycles. The van der Waals surface area contributed by atoms with Crippen LogP contribution in [-0.4, -0.2) is 28.8 Å². The predicted molar refractivity (Wildman–Crippen MR) is 91.7 cm³/mol. The lowest BCUT2D eigenvalue weighted by molar-refractivity contribution is -0.643. The molecule has 3 aromatic rings. The van der Waals surface area contributed by atoms with Gasteiger partial charge in [-0.2, -0.15) is 4.98 Å². The number of hydrogen-bond acceptors (Lipinski definition) is 7. The molecular formula is C18H16FN3O5. The Hall–Kier alpha value is -3.49. The third kappa shape index (κ3) is 4.38. The van der Waals surface area contributed by atoms with Crippen molar-refractivity contribution in [2.75, 3.05) is 6.61 Å². The summed E-state index contributed by atoms with van der Waals surface area (Å²) in [6.07, 6.45) is -0.750. The second kappa shape index (κ2) is 7.81. The maximum Gasteiger partial charge on any atom is 0.386 e. The summed E-state index contributed by atoms with van der Waals surface area (Å²) in [6.45, 7) is 3.58. The van der Waals surface area contributed by atoms with E-state index >= 15 is 0 Å². The summed E-state index contributed by atoms with van der Waals surface area (Å²) in [5, 5.41) is 15.5. The van der Waals surface area contributed by atoms with Gasteiger partial charge in [-0.15, -0.1) is 0 Å². The Balaban J connectivity index is 1.72. The van der Waals surface area contributed by atoms with Crippen molar-refractivity contribution >= 4 is 17.0 Å². The van der Waals surface area contributed by atoms with E-state index in [1.807, 2.05) is 0 Å². The Morgan fingerprint density at radius 2 is 1.93 bits per heavy atom. The van der Waals surface area contributed by atoms with E-state index in [1.165, 1.54) is 12.1 Å². The second-order valence-electron chi connectivity index (χ2n) is 5.49. The van der Waals surface area contributed by atoms with E-state index in [2.05, 4.69) is 10.1 Å². The monoisotopic (exact) mass is 373 g/mol. The number of rotatable bonds is 6. The zero-order chi connectivity index (χ0) is 19.4. The lowest BCUT2D eigenvalue weighted by atomic mass is 10.3. The number of carbonyl (C=O) groups excluding carboxylic acids is 1. The summed E-state index contributed by atoms with van der Waals surface area (Å²) in [5.74, 6) is -0.222. The number of benzene rings is 2. The number of hydrogen-bond donors (Lipinski definition) is 0. The molecule has 0 amide bonds. The highest BCUT2D eigenvalue weighted by Gasteiger charge is 2.16. The molecule has 2 aromatic carbocycles. The molecule has 0 bridgehead atoms. The van der Waals surface area contributed by atoms with Gasteiger partial charge in [-0.05, 0) is 55.1 Å². The zero-order valence-corrected chi connectivity index (χ0v) is 14.6. The van der Waals surface area contributed by atoms with Gasteiger partial charge < -0.3 is 19.4 Å². The second-order valence-corrected chi connectivity index (χ2v) is 5.49. The normalized spacial score (nSPS) is 11.8. The van der Waals surface area contributed by atoms with Gasteiger partial charge in [0.25, 0.3) is 5.52 Å². The molecule has 1 atom stereocenters.